The van der Waals surface area contributed by atoms with Gasteiger partial charge in [-0.3, -0.25) is 4.79 Å². The number of carboxylic acids is 1. The van der Waals surface area contributed by atoms with Crippen molar-refractivity contribution in [2.75, 3.05) is 0 Å². The highest BCUT2D eigenvalue weighted by Crippen LogP contribution is 2.21. The van der Waals surface area contributed by atoms with E-state index in [2.05, 4.69) is 5.32 Å². The molecule has 23 heavy (non-hydrogen) atoms. The number of rotatable bonds is 5. The number of aliphatic carboxylic acids is 1. The van der Waals surface area contributed by atoms with Gasteiger partial charge in [0.2, 0.25) is 6.10 Å². The Bertz CT molecular complexity index is 564. The second kappa shape index (κ2) is 7.62. The Hall–Kier alpha value is -2.57. The minimum atomic E-state index is -1.57. The van der Waals surface area contributed by atoms with Crippen LogP contribution in [0.5, 0.6) is 0 Å². The lowest BCUT2D eigenvalue weighted by Gasteiger charge is -2.27. The third-order valence-corrected chi connectivity index (χ3v) is 2.67. The summed E-state index contributed by atoms with van der Waals surface area (Å²) >= 11 is 0. The first-order valence-corrected chi connectivity index (χ1v) is 7.04. The van der Waals surface area contributed by atoms with Crippen LogP contribution < -0.4 is 5.32 Å². The van der Waals surface area contributed by atoms with Crippen LogP contribution in [0.4, 0.5) is 4.79 Å². The number of ether oxygens (including phenoxy) is 2. The van der Waals surface area contributed by atoms with Crippen molar-refractivity contribution in [1.82, 2.24) is 5.32 Å². The van der Waals surface area contributed by atoms with Crippen molar-refractivity contribution in [2.45, 2.75) is 45.4 Å². The molecular formula is C16H21NO6. The summed E-state index contributed by atoms with van der Waals surface area (Å²) in [4.78, 5) is 34.6. The maximum atomic E-state index is 12.0. The highest BCUT2D eigenvalue weighted by atomic mass is 16.6. The molecule has 0 saturated carbocycles. The van der Waals surface area contributed by atoms with Crippen LogP contribution in [0.1, 0.15) is 39.3 Å². The molecule has 0 saturated heterocycles. The fraction of sp³-hybridized carbons (Fsp3) is 0.438. The smallest absolute Gasteiger partial charge is 0.408 e. The van der Waals surface area contributed by atoms with Gasteiger partial charge in [0.15, 0.2) is 0 Å². The van der Waals surface area contributed by atoms with E-state index in [1.807, 2.05) is 0 Å². The first kappa shape index (κ1) is 18.5. The van der Waals surface area contributed by atoms with E-state index in [9.17, 15) is 19.5 Å². The summed E-state index contributed by atoms with van der Waals surface area (Å²) < 4.78 is 9.99. The molecule has 1 rings (SSSR count). The average molecular weight is 323 g/mol. The van der Waals surface area contributed by atoms with Gasteiger partial charge in [-0.25, -0.2) is 9.59 Å². The molecule has 2 unspecified atom stereocenters. The number of carbonyl (C=O) groups excluding carboxylic acids is 2. The van der Waals surface area contributed by atoms with Gasteiger partial charge in [0.1, 0.15) is 11.6 Å². The lowest BCUT2D eigenvalue weighted by atomic mass is 10.0. The van der Waals surface area contributed by atoms with Crippen molar-refractivity contribution in [3.05, 3.63) is 35.9 Å². The molecule has 126 valence electrons. The molecular weight excluding hydrogens is 302 g/mol. The zero-order chi connectivity index (χ0) is 17.6. The van der Waals surface area contributed by atoms with Gasteiger partial charge in [-0.15, -0.1) is 0 Å². The Morgan fingerprint density at radius 1 is 1.13 bits per heavy atom. The number of alkyl carbamates (subject to hydrolysis) is 1. The molecule has 2 atom stereocenters. The Balaban J connectivity index is 3.08. The molecule has 1 amide bonds. The van der Waals surface area contributed by atoms with Gasteiger partial charge in [-0.2, -0.15) is 0 Å². The highest BCUT2D eigenvalue weighted by Gasteiger charge is 2.34. The third-order valence-electron chi connectivity index (χ3n) is 2.67. The number of hydrogen-bond acceptors (Lipinski definition) is 5. The Morgan fingerprint density at radius 2 is 1.70 bits per heavy atom. The second-order valence-corrected chi connectivity index (χ2v) is 5.90. The van der Waals surface area contributed by atoms with Crippen LogP contribution in [-0.2, 0) is 19.1 Å². The number of benzene rings is 1. The predicted octanol–water partition coefficient (Wildman–Crippen LogP) is 2.27. The lowest BCUT2D eigenvalue weighted by molar-refractivity contribution is -0.164. The monoisotopic (exact) mass is 323 g/mol. The fourth-order valence-electron chi connectivity index (χ4n) is 1.87. The Morgan fingerprint density at radius 3 is 2.13 bits per heavy atom. The fourth-order valence-corrected chi connectivity index (χ4v) is 1.87. The SMILES string of the molecule is CC(=O)OC(C(=O)O)C(NC(=O)OC(C)(C)C)c1ccccc1. The molecule has 0 heterocycles. The summed E-state index contributed by atoms with van der Waals surface area (Å²) in [5.74, 6) is -2.13. The van der Waals surface area contributed by atoms with Crippen molar-refractivity contribution in [3.8, 4) is 0 Å². The van der Waals surface area contributed by atoms with Gasteiger partial charge < -0.3 is 19.9 Å². The van der Waals surface area contributed by atoms with Gasteiger partial charge in [0, 0.05) is 6.92 Å². The van der Waals surface area contributed by atoms with Crippen molar-refractivity contribution >= 4 is 18.0 Å². The summed E-state index contributed by atoms with van der Waals surface area (Å²) in [6.07, 6.45) is -2.37. The molecule has 0 spiro atoms. The molecule has 0 aliphatic heterocycles. The zero-order valence-corrected chi connectivity index (χ0v) is 13.5. The number of carbonyl (C=O) groups is 3. The van der Waals surface area contributed by atoms with Crippen molar-refractivity contribution in [3.63, 3.8) is 0 Å². The molecule has 0 radical (unpaired) electrons. The van der Waals surface area contributed by atoms with Crippen LogP contribution in [0.3, 0.4) is 0 Å². The number of hydrogen-bond donors (Lipinski definition) is 2. The van der Waals surface area contributed by atoms with Crippen LogP contribution in [0, 0.1) is 0 Å². The van der Waals surface area contributed by atoms with Crippen LogP contribution in [0.2, 0.25) is 0 Å². The second-order valence-electron chi connectivity index (χ2n) is 5.90. The molecule has 0 bridgehead atoms. The summed E-state index contributed by atoms with van der Waals surface area (Å²) in [5, 5.41) is 11.8. The molecule has 7 nitrogen and oxygen atoms in total. The topological polar surface area (TPSA) is 102 Å². The van der Waals surface area contributed by atoms with Crippen molar-refractivity contribution in [1.29, 1.82) is 0 Å². The van der Waals surface area contributed by atoms with Crippen LogP contribution in [-0.4, -0.2) is 34.8 Å². The van der Waals surface area contributed by atoms with E-state index < -0.39 is 35.8 Å². The predicted molar refractivity (Wildman–Crippen MR) is 81.7 cm³/mol. The van der Waals surface area contributed by atoms with E-state index in [1.54, 1.807) is 51.1 Å². The molecule has 0 aliphatic rings. The van der Waals surface area contributed by atoms with Crippen LogP contribution in [0.25, 0.3) is 0 Å². The first-order chi connectivity index (χ1) is 10.6. The van der Waals surface area contributed by atoms with Crippen molar-refractivity contribution < 1.29 is 29.0 Å². The van der Waals surface area contributed by atoms with Gasteiger partial charge >= 0.3 is 18.0 Å². The maximum absolute atomic E-state index is 12.0. The zero-order valence-electron chi connectivity index (χ0n) is 13.5. The minimum Gasteiger partial charge on any atom is -0.478 e. The van der Waals surface area contributed by atoms with E-state index in [1.165, 1.54) is 0 Å². The molecule has 1 aromatic carbocycles. The Kier molecular flexibility index (Phi) is 6.12. The molecule has 1 aromatic rings. The summed E-state index contributed by atoms with van der Waals surface area (Å²) in [6.45, 7) is 6.16. The van der Waals surface area contributed by atoms with Gasteiger partial charge in [0.25, 0.3) is 0 Å². The maximum Gasteiger partial charge on any atom is 0.408 e. The Labute approximate surface area is 134 Å². The first-order valence-electron chi connectivity index (χ1n) is 7.04. The molecule has 0 fully saturated rings. The standard InChI is InChI=1S/C16H21NO6/c1-10(18)22-13(14(19)20)12(11-8-6-5-7-9-11)17-15(21)23-16(2,3)4/h5-9,12-13H,1-4H3,(H,17,21)(H,19,20). The summed E-state index contributed by atoms with van der Waals surface area (Å²) in [5.41, 5.74) is -0.266. The molecule has 0 aromatic heterocycles. The van der Waals surface area contributed by atoms with Gasteiger partial charge in [-0.1, -0.05) is 30.3 Å². The van der Waals surface area contributed by atoms with Crippen LogP contribution in [0.15, 0.2) is 30.3 Å². The summed E-state index contributed by atoms with van der Waals surface area (Å²) in [7, 11) is 0. The van der Waals surface area contributed by atoms with Crippen LogP contribution >= 0.6 is 0 Å². The molecule has 0 aliphatic carbocycles. The van der Waals surface area contributed by atoms with E-state index >= 15 is 0 Å². The molecule has 7 heteroatoms. The number of esters is 1. The largest absolute Gasteiger partial charge is 0.478 e. The molecule has 2 N–H and O–H groups in total. The normalized spacial score (nSPS) is 13.6. The van der Waals surface area contributed by atoms with E-state index in [4.69, 9.17) is 9.47 Å². The third kappa shape index (κ3) is 6.37. The number of nitrogens with one attached hydrogen (secondary N) is 1. The van der Waals surface area contributed by atoms with E-state index in [0.717, 1.165) is 6.92 Å². The summed E-state index contributed by atoms with van der Waals surface area (Å²) in [6, 6.07) is 7.29. The minimum absolute atomic E-state index is 0.479. The number of carboxylic acid groups (broad SMARTS) is 1. The number of amides is 1. The average Bonchev–Trinajstić information content (AvgIpc) is 2.41. The van der Waals surface area contributed by atoms with E-state index in [-0.39, 0.29) is 0 Å². The van der Waals surface area contributed by atoms with E-state index in [0.29, 0.717) is 5.56 Å². The van der Waals surface area contributed by atoms with Gasteiger partial charge in [-0.05, 0) is 26.3 Å². The quantitative estimate of drug-likeness (QED) is 0.806. The highest BCUT2D eigenvalue weighted by molar-refractivity contribution is 5.79. The lowest BCUT2D eigenvalue weighted by Crippen LogP contribution is -2.44. The van der Waals surface area contributed by atoms with Crippen molar-refractivity contribution in [2.24, 2.45) is 0 Å². The van der Waals surface area contributed by atoms with Gasteiger partial charge in [0.05, 0.1) is 0 Å².